The van der Waals surface area contributed by atoms with E-state index in [0.29, 0.717) is 11.1 Å². The van der Waals surface area contributed by atoms with Gasteiger partial charge in [0.05, 0.1) is 0 Å². The summed E-state index contributed by atoms with van der Waals surface area (Å²) in [5.41, 5.74) is 3.07. The summed E-state index contributed by atoms with van der Waals surface area (Å²) >= 11 is 0. The molecule has 2 rings (SSSR count). The summed E-state index contributed by atoms with van der Waals surface area (Å²) < 4.78 is 13.2. The molecule has 0 heterocycles. The molecule has 0 saturated carbocycles. The Kier molecular flexibility index (Phi) is 3.86. The van der Waals surface area contributed by atoms with Crippen LogP contribution in [0.5, 0.6) is 0 Å². The van der Waals surface area contributed by atoms with Crippen LogP contribution in [-0.4, -0.2) is 19.2 Å². The third-order valence-electron chi connectivity index (χ3n) is 3.20. The van der Waals surface area contributed by atoms with Gasteiger partial charge in [0.15, 0.2) is 0 Å². The number of aliphatic hydroxyl groups is 1. The van der Waals surface area contributed by atoms with E-state index in [9.17, 15) is 9.50 Å². The van der Waals surface area contributed by atoms with Crippen molar-refractivity contribution in [1.29, 1.82) is 0 Å². The van der Waals surface area contributed by atoms with Crippen molar-refractivity contribution in [2.24, 2.45) is 0 Å². The lowest BCUT2D eigenvalue weighted by Gasteiger charge is -2.17. The minimum atomic E-state index is -0.737. The highest BCUT2D eigenvalue weighted by molar-refractivity contribution is 5.49. The number of halogens is 1. The van der Waals surface area contributed by atoms with E-state index in [1.165, 1.54) is 6.07 Å². The lowest BCUT2D eigenvalue weighted by atomic mass is 9.99. The number of anilines is 1. The molecule has 0 bridgehead atoms. The number of hydrogen-bond acceptors (Lipinski definition) is 2. The van der Waals surface area contributed by atoms with Crippen LogP contribution in [0.25, 0.3) is 0 Å². The van der Waals surface area contributed by atoms with Crippen molar-refractivity contribution in [3.63, 3.8) is 0 Å². The van der Waals surface area contributed by atoms with Gasteiger partial charge >= 0.3 is 0 Å². The van der Waals surface area contributed by atoms with Gasteiger partial charge in [-0.1, -0.05) is 24.3 Å². The third kappa shape index (κ3) is 2.93. The largest absolute Gasteiger partial charge is 0.384 e. The second kappa shape index (κ2) is 5.41. The van der Waals surface area contributed by atoms with Crippen LogP contribution < -0.4 is 4.90 Å². The Hall–Kier alpha value is -1.87. The number of hydrogen-bond donors (Lipinski definition) is 1. The fourth-order valence-corrected chi connectivity index (χ4v) is 2.00. The van der Waals surface area contributed by atoms with Gasteiger partial charge < -0.3 is 10.0 Å². The maximum atomic E-state index is 13.2. The number of aryl methyl sites for hydroxylation is 1. The summed E-state index contributed by atoms with van der Waals surface area (Å²) in [7, 11) is 3.90. The van der Waals surface area contributed by atoms with Crippen LogP contribution in [0, 0.1) is 12.7 Å². The van der Waals surface area contributed by atoms with Crippen molar-refractivity contribution < 1.29 is 9.50 Å². The smallest absolute Gasteiger partial charge is 0.126 e. The minimum absolute atomic E-state index is 0.252. The maximum absolute atomic E-state index is 13.2. The molecule has 2 nitrogen and oxygen atoms in total. The van der Waals surface area contributed by atoms with E-state index >= 15 is 0 Å². The Morgan fingerprint density at radius 1 is 1.05 bits per heavy atom. The molecule has 0 aliphatic rings. The van der Waals surface area contributed by atoms with E-state index < -0.39 is 6.10 Å². The van der Waals surface area contributed by atoms with Gasteiger partial charge in [0.1, 0.15) is 11.9 Å². The normalized spacial score (nSPS) is 12.3. The van der Waals surface area contributed by atoms with E-state index in [4.69, 9.17) is 0 Å². The van der Waals surface area contributed by atoms with Gasteiger partial charge in [0.25, 0.3) is 0 Å². The van der Waals surface area contributed by atoms with Gasteiger partial charge in [-0.15, -0.1) is 0 Å². The first kappa shape index (κ1) is 13.6. The molecule has 3 heteroatoms. The first-order valence-corrected chi connectivity index (χ1v) is 6.20. The second-order valence-electron chi connectivity index (χ2n) is 4.90. The van der Waals surface area contributed by atoms with Crippen LogP contribution in [0.3, 0.4) is 0 Å². The number of nitrogens with zero attached hydrogens (tertiary/aromatic N) is 1. The first-order valence-electron chi connectivity index (χ1n) is 6.20. The summed E-state index contributed by atoms with van der Waals surface area (Å²) in [6.45, 7) is 1.70. The predicted molar refractivity (Wildman–Crippen MR) is 76.0 cm³/mol. The molecule has 1 atom stereocenters. The van der Waals surface area contributed by atoms with Crippen LogP contribution in [0.4, 0.5) is 10.1 Å². The van der Waals surface area contributed by atoms with Gasteiger partial charge in [-0.3, -0.25) is 0 Å². The molecule has 0 saturated heterocycles. The van der Waals surface area contributed by atoms with Gasteiger partial charge in [0.2, 0.25) is 0 Å². The highest BCUT2D eigenvalue weighted by Crippen LogP contribution is 2.26. The van der Waals surface area contributed by atoms with Crippen molar-refractivity contribution in [2.75, 3.05) is 19.0 Å². The lowest BCUT2D eigenvalue weighted by molar-refractivity contribution is 0.220. The average Bonchev–Trinajstić information content (AvgIpc) is 2.41. The quantitative estimate of drug-likeness (QED) is 0.914. The monoisotopic (exact) mass is 259 g/mol. The zero-order chi connectivity index (χ0) is 14.0. The van der Waals surface area contributed by atoms with Crippen molar-refractivity contribution >= 4 is 5.69 Å². The highest BCUT2D eigenvalue weighted by Gasteiger charge is 2.12. The minimum Gasteiger partial charge on any atom is -0.384 e. The molecule has 0 fully saturated rings. The van der Waals surface area contributed by atoms with E-state index in [-0.39, 0.29) is 5.82 Å². The Morgan fingerprint density at radius 2 is 1.74 bits per heavy atom. The second-order valence-corrected chi connectivity index (χ2v) is 4.90. The van der Waals surface area contributed by atoms with Crippen molar-refractivity contribution in [1.82, 2.24) is 0 Å². The SMILES string of the molecule is Cc1cc(C(O)c2cccc(N(C)C)c2)ccc1F. The molecule has 1 unspecified atom stereocenters. The van der Waals surface area contributed by atoms with Crippen LogP contribution in [-0.2, 0) is 0 Å². The molecule has 0 amide bonds. The molecule has 0 aromatic heterocycles. The molecule has 100 valence electrons. The maximum Gasteiger partial charge on any atom is 0.126 e. The van der Waals surface area contributed by atoms with Gasteiger partial charge in [-0.05, 0) is 41.8 Å². The van der Waals surface area contributed by atoms with Gasteiger partial charge in [0, 0.05) is 19.8 Å². The Labute approximate surface area is 113 Å². The molecule has 19 heavy (non-hydrogen) atoms. The van der Waals surface area contributed by atoms with Crippen LogP contribution in [0.1, 0.15) is 22.8 Å². The van der Waals surface area contributed by atoms with E-state index in [1.807, 2.05) is 43.3 Å². The fourth-order valence-electron chi connectivity index (χ4n) is 2.00. The average molecular weight is 259 g/mol. The molecule has 0 spiro atoms. The molecule has 0 radical (unpaired) electrons. The van der Waals surface area contributed by atoms with E-state index in [0.717, 1.165) is 11.3 Å². The molecule has 0 aliphatic heterocycles. The predicted octanol–water partition coefficient (Wildman–Crippen LogP) is 3.28. The zero-order valence-corrected chi connectivity index (χ0v) is 11.4. The van der Waals surface area contributed by atoms with Crippen LogP contribution in [0.15, 0.2) is 42.5 Å². The summed E-state index contributed by atoms with van der Waals surface area (Å²) in [5.74, 6) is -0.252. The molecule has 0 aliphatic carbocycles. The van der Waals surface area contributed by atoms with Crippen molar-refractivity contribution in [2.45, 2.75) is 13.0 Å². The van der Waals surface area contributed by atoms with Gasteiger partial charge in [-0.25, -0.2) is 4.39 Å². The van der Waals surface area contributed by atoms with Crippen LogP contribution >= 0.6 is 0 Å². The molecule has 2 aromatic rings. The fraction of sp³-hybridized carbons (Fsp3) is 0.250. The standard InChI is InChI=1S/C16H18FNO/c1-11-9-13(7-8-15(11)17)16(19)12-5-4-6-14(10-12)18(2)3/h4-10,16,19H,1-3H3. The molecule has 1 N–H and O–H groups in total. The van der Waals surface area contributed by atoms with Crippen molar-refractivity contribution in [3.8, 4) is 0 Å². The summed E-state index contributed by atoms with van der Waals surface area (Å²) in [6.07, 6.45) is -0.737. The Balaban J connectivity index is 2.35. The number of aliphatic hydroxyl groups excluding tert-OH is 1. The third-order valence-corrected chi connectivity index (χ3v) is 3.20. The summed E-state index contributed by atoms with van der Waals surface area (Å²) in [6, 6.07) is 12.4. The Bertz CT molecular complexity index is 581. The molecule has 2 aromatic carbocycles. The first-order chi connectivity index (χ1) is 8.99. The van der Waals surface area contributed by atoms with Crippen molar-refractivity contribution in [3.05, 3.63) is 65.0 Å². The number of benzene rings is 2. The lowest BCUT2D eigenvalue weighted by Crippen LogP contribution is -2.09. The zero-order valence-electron chi connectivity index (χ0n) is 11.4. The van der Waals surface area contributed by atoms with Crippen LogP contribution in [0.2, 0.25) is 0 Å². The highest BCUT2D eigenvalue weighted by atomic mass is 19.1. The topological polar surface area (TPSA) is 23.5 Å². The van der Waals surface area contributed by atoms with E-state index in [2.05, 4.69) is 0 Å². The molecular weight excluding hydrogens is 241 g/mol. The Morgan fingerprint density at radius 3 is 2.37 bits per heavy atom. The summed E-state index contributed by atoms with van der Waals surface area (Å²) in [4.78, 5) is 1.98. The summed E-state index contributed by atoms with van der Waals surface area (Å²) in [5, 5.41) is 10.4. The molecular formula is C16H18FNO. The van der Waals surface area contributed by atoms with Gasteiger partial charge in [-0.2, -0.15) is 0 Å². The number of rotatable bonds is 3. The van der Waals surface area contributed by atoms with E-state index in [1.54, 1.807) is 19.1 Å².